The molecule has 1 aromatic carbocycles. The third-order valence-corrected chi connectivity index (χ3v) is 5.21. The lowest BCUT2D eigenvalue weighted by Gasteiger charge is -2.36. The summed E-state index contributed by atoms with van der Waals surface area (Å²) in [4.78, 5) is 37.6. The lowest BCUT2D eigenvalue weighted by molar-refractivity contribution is -0.146. The quantitative estimate of drug-likeness (QED) is 0.872. The summed E-state index contributed by atoms with van der Waals surface area (Å²) in [5, 5.41) is 11.8. The zero-order chi connectivity index (χ0) is 18.0. The van der Waals surface area contributed by atoms with Crippen LogP contribution in [0.25, 0.3) is 0 Å². The van der Waals surface area contributed by atoms with E-state index in [-0.39, 0.29) is 29.7 Å². The molecule has 1 aliphatic carbocycles. The van der Waals surface area contributed by atoms with Crippen molar-refractivity contribution in [2.45, 2.75) is 38.6 Å². The topological polar surface area (TPSA) is 86.7 Å². The molecule has 2 fully saturated rings. The van der Waals surface area contributed by atoms with E-state index in [1.54, 1.807) is 4.90 Å². The predicted molar refractivity (Wildman–Crippen MR) is 92.1 cm³/mol. The molecule has 0 spiro atoms. The Labute approximate surface area is 147 Å². The predicted octanol–water partition coefficient (Wildman–Crippen LogP) is 1.83. The smallest absolute Gasteiger partial charge is 0.306 e. The van der Waals surface area contributed by atoms with Crippen molar-refractivity contribution in [2.75, 3.05) is 13.1 Å². The van der Waals surface area contributed by atoms with Crippen LogP contribution >= 0.6 is 0 Å². The molecule has 1 unspecified atom stereocenters. The average molecular weight is 344 g/mol. The van der Waals surface area contributed by atoms with Gasteiger partial charge >= 0.3 is 5.97 Å². The van der Waals surface area contributed by atoms with Gasteiger partial charge in [0, 0.05) is 24.7 Å². The van der Waals surface area contributed by atoms with Crippen molar-refractivity contribution in [3.63, 3.8) is 0 Å². The highest BCUT2D eigenvalue weighted by Crippen LogP contribution is 2.28. The second kappa shape index (κ2) is 7.25. The van der Waals surface area contributed by atoms with Gasteiger partial charge in [0.1, 0.15) is 0 Å². The number of piperidine rings is 1. The zero-order valence-electron chi connectivity index (χ0n) is 14.4. The van der Waals surface area contributed by atoms with Crippen LogP contribution in [0.3, 0.4) is 0 Å². The minimum Gasteiger partial charge on any atom is -0.481 e. The molecular weight excluding hydrogens is 320 g/mol. The van der Waals surface area contributed by atoms with Gasteiger partial charge in [-0.1, -0.05) is 17.7 Å². The van der Waals surface area contributed by atoms with Crippen molar-refractivity contribution in [2.24, 2.45) is 11.8 Å². The Balaban J connectivity index is 1.54. The summed E-state index contributed by atoms with van der Waals surface area (Å²) in [5.74, 6) is -1.44. The lowest BCUT2D eigenvalue weighted by atomic mass is 9.80. The molecule has 0 radical (unpaired) electrons. The van der Waals surface area contributed by atoms with Crippen LogP contribution in [-0.2, 0) is 9.59 Å². The standard InChI is InChI=1S/C19H24N2O4/c1-12-4-6-13(7-5-12)18(23)21-8-2-3-14(11-21)17(22)20-16-9-15(10-16)19(24)25/h4-7,14-16H,2-3,8-11H2,1H3,(H,20,22)(H,24,25). The number of rotatable bonds is 4. The molecule has 2 N–H and O–H groups in total. The summed E-state index contributed by atoms with van der Waals surface area (Å²) < 4.78 is 0. The zero-order valence-corrected chi connectivity index (χ0v) is 14.4. The maximum atomic E-state index is 12.6. The molecule has 25 heavy (non-hydrogen) atoms. The third-order valence-electron chi connectivity index (χ3n) is 5.21. The van der Waals surface area contributed by atoms with Crippen LogP contribution in [0.15, 0.2) is 24.3 Å². The van der Waals surface area contributed by atoms with Crippen molar-refractivity contribution >= 4 is 17.8 Å². The summed E-state index contributed by atoms with van der Waals surface area (Å²) in [5.41, 5.74) is 1.75. The molecule has 1 aromatic rings. The van der Waals surface area contributed by atoms with Gasteiger partial charge < -0.3 is 15.3 Å². The number of benzene rings is 1. The molecule has 6 nitrogen and oxygen atoms in total. The molecule has 1 aliphatic heterocycles. The number of amides is 2. The van der Waals surface area contributed by atoms with Crippen LogP contribution in [-0.4, -0.2) is 46.9 Å². The molecule has 1 atom stereocenters. The van der Waals surface area contributed by atoms with E-state index in [0.717, 1.165) is 18.4 Å². The average Bonchev–Trinajstić information content (AvgIpc) is 2.57. The Morgan fingerprint density at radius 1 is 1.12 bits per heavy atom. The maximum absolute atomic E-state index is 12.6. The van der Waals surface area contributed by atoms with Gasteiger partial charge in [-0.25, -0.2) is 0 Å². The van der Waals surface area contributed by atoms with Gasteiger partial charge in [0.2, 0.25) is 5.91 Å². The fraction of sp³-hybridized carbons (Fsp3) is 0.526. The molecule has 1 saturated heterocycles. The molecule has 0 bridgehead atoms. The van der Waals surface area contributed by atoms with Gasteiger partial charge in [0.05, 0.1) is 11.8 Å². The van der Waals surface area contributed by atoms with Gasteiger partial charge in [-0.3, -0.25) is 14.4 Å². The first-order valence-corrected chi connectivity index (χ1v) is 8.83. The first-order valence-electron chi connectivity index (χ1n) is 8.83. The minimum atomic E-state index is -0.793. The van der Waals surface area contributed by atoms with Crippen molar-refractivity contribution in [1.82, 2.24) is 10.2 Å². The van der Waals surface area contributed by atoms with E-state index in [4.69, 9.17) is 5.11 Å². The van der Waals surface area contributed by atoms with Crippen molar-refractivity contribution < 1.29 is 19.5 Å². The van der Waals surface area contributed by atoms with E-state index in [9.17, 15) is 14.4 Å². The van der Waals surface area contributed by atoms with Gasteiger partial charge in [0.25, 0.3) is 5.91 Å². The number of hydrogen-bond acceptors (Lipinski definition) is 3. The molecule has 3 rings (SSSR count). The van der Waals surface area contributed by atoms with Crippen LogP contribution in [0.2, 0.25) is 0 Å². The van der Waals surface area contributed by atoms with Crippen LogP contribution in [0.5, 0.6) is 0 Å². The fourth-order valence-electron chi connectivity index (χ4n) is 3.51. The van der Waals surface area contributed by atoms with Gasteiger partial charge in [-0.15, -0.1) is 0 Å². The highest BCUT2D eigenvalue weighted by atomic mass is 16.4. The fourth-order valence-corrected chi connectivity index (χ4v) is 3.51. The molecule has 1 saturated carbocycles. The number of carbonyl (C=O) groups is 3. The van der Waals surface area contributed by atoms with Crippen LogP contribution in [0, 0.1) is 18.8 Å². The number of nitrogens with zero attached hydrogens (tertiary/aromatic N) is 1. The summed E-state index contributed by atoms with van der Waals surface area (Å²) in [6.45, 7) is 3.07. The second-order valence-corrected chi connectivity index (χ2v) is 7.17. The maximum Gasteiger partial charge on any atom is 0.306 e. The SMILES string of the molecule is Cc1ccc(C(=O)N2CCCC(C(=O)NC3CC(C(=O)O)C3)C2)cc1. The number of hydrogen-bond donors (Lipinski definition) is 2. The number of carboxylic acids is 1. The van der Waals surface area contributed by atoms with Gasteiger partial charge in [0.15, 0.2) is 0 Å². The Hall–Kier alpha value is -2.37. The molecule has 6 heteroatoms. The van der Waals surface area contributed by atoms with Crippen LogP contribution in [0.4, 0.5) is 0 Å². The number of carbonyl (C=O) groups excluding carboxylic acids is 2. The molecule has 2 aliphatic rings. The summed E-state index contributed by atoms with van der Waals surface area (Å²) >= 11 is 0. The Bertz CT molecular complexity index is 665. The van der Waals surface area contributed by atoms with E-state index in [1.807, 2.05) is 31.2 Å². The molecule has 2 amide bonds. The molecule has 134 valence electrons. The number of nitrogens with one attached hydrogen (secondary N) is 1. The third kappa shape index (κ3) is 4.00. The number of aliphatic carboxylic acids is 1. The molecule has 0 aromatic heterocycles. The highest BCUT2D eigenvalue weighted by molar-refractivity contribution is 5.94. The normalized spacial score (nSPS) is 25.8. The highest BCUT2D eigenvalue weighted by Gasteiger charge is 2.37. The Morgan fingerprint density at radius 2 is 1.80 bits per heavy atom. The van der Waals surface area contributed by atoms with Crippen molar-refractivity contribution in [3.8, 4) is 0 Å². The Morgan fingerprint density at radius 3 is 2.44 bits per heavy atom. The van der Waals surface area contributed by atoms with E-state index >= 15 is 0 Å². The largest absolute Gasteiger partial charge is 0.481 e. The number of aryl methyl sites for hydroxylation is 1. The number of likely N-dealkylation sites (tertiary alicyclic amines) is 1. The van der Waals surface area contributed by atoms with E-state index in [0.29, 0.717) is 31.5 Å². The number of carboxylic acid groups (broad SMARTS) is 1. The van der Waals surface area contributed by atoms with Crippen LogP contribution < -0.4 is 5.32 Å². The Kier molecular flexibility index (Phi) is 5.06. The molecule has 1 heterocycles. The van der Waals surface area contributed by atoms with E-state index in [1.165, 1.54) is 0 Å². The van der Waals surface area contributed by atoms with E-state index < -0.39 is 5.97 Å². The second-order valence-electron chi connectivity index (χ2n) is 7.17. The summed E-state index contributed by atoms with van der Waals surface area (Å²) in [6.07, 6.45) is 2.57. The first kappa shape index (κ1) is 17.5. The summed E-state index contributed by atoms with van der Waals surface area (Å²) in [6, 6.07) is 7.42. The van der Waals surface area contributed by atoms with Crippen molar-refractivity contribution in [1.29, 1.82) is 0 Å². The van der Waals surface area contributed by atoms with Crippen molar-refractivity contribution in [3.05, 3.63) is 35.4 Å². The summed E-state index contributed by atoms with van der Waals surface area (Å²) in [7, 11) is 0. The lowest BCUT2D eigenvalue weighted by Crippen LogP contribution is -2.51. The van der Waals surface area contributed by atoms with Gasteiger partial charge in [-0.05, 0) is 44.7 Å². The van der Waals surface area contributed by atoms with Crippen LogP contribution in [0.1, 0.15) is 41.6 Å². The first-order chi connectivity index (χ1) is 11.9. The minimum absolute atomic E-state index is 0.0351. The van der Waals surface area contributed by atoms with E-state index in [2.05, 4.69) is 5.32 Å². The molecular formula is C19H24N2O4. The van der Waals surface area contributed by atoms with Gasteiger partial charge in [-0.2, -0.15) is 0 Å². The monoisotopic (exact) mass is 344 g/mol.